The Kier molecular flexibility index (Phi) is 5.80. The van der Waals surface area contributed by atoms with Gasteiger partial charge in [-0.2, -0.15) is 9.40 Å². The van der Waals surface area contributed by atoms with Crippen LogP contribution in [-0.4, -0.2) is 45.9 Å². The highest BCUT2D eigenvalue weighted by Gasteiger charge is 2.40. The zero-order valence-corrected chi connectivity index (χ0v) is 19.5. The van der Waals surface area contributed by atoms with E-state index in [-0.39, 0.29) is 11.9 Å². The average Bonchev–Trinajstić information content (AvgIpc) is 3.30. The standard InChI is InChI=1S/C25H28N4O3S/c1-19-7-12-24(21-5-3-2-4-6-21)33(31,32)29(19)17-20-8-10-22(11-9-20)25(30)27-15-16-28-23(18-27)13-14-26-28/h2-6,8-11,13-14,19,24H,7,12,15-18H2,1H3/t19-,24?/m0/s1. The van der Waals surface area contributed by atoms with Crippen LogP contribution in [0.4, 0.5) is 0 Å². The topological polar surface area (TPSA) is 75.5 Å². The SMILES string of the molecule is C[C@H]1CCC(c2ccccc2)S(=O)(=O)N1Cc1ccc(C(=O)N2CCn3nccc3C2)cc1. The number of nitrogens with zero attached hydrogens (tertiary/aromatic N) is 4. The van der Waals surface area contributed by atoms with E-state index in [1.165, 1.54) is 0 Å². The van der Waals surface area contributed by atoms with Crippen molar-refractivity contribution in [3.8, 4) is 0 Å². The second-order valence-electron chi connectivity index (χ2n) is 8.89. The molecule has 1 fully saturated rings. The third-order valence-electron chi connectivity index (χ3n) is 6.76. The van der Waals surface area contributed by atoms with Crippen molar-refractivity contribution in [1.29, 1.82) is 0 Å². The highest BCUT2D eigenvalue weighted by atomic mass is 32.2. The molecule has 2 aliphatic heterocycles. The Labute approximate surface area is 194 Å². The van der Waals surface area contributed by atoms with Crippen molar-refractivity contribution in [2.24, 2.45) is 0 Å². The summed E-state index contributed by atoms with van der Waals surface area (Å²) in [6.45, 7) is 4.14. The van der Waals surface area contributed by atoms with Gasteiger partial charge in [0, 0.05) is 30.9 Å². The first kappa shape index (κ1) is 21.9. The van der Waals surface area contributed by atoms with E-state index in [4.69, 9.17) is 0 Å². The molecule has 0 saturated carbocycles. The Bertz CT molecular complexity index is 1240. The van der Waals surface area contributed by atoms with E-state index in [2.05, 4.69) is 5.10 Å². The molecular formula is C25H28N4O3S. The highest BCUT2D eigenvalue weighted by molar-refractivity contribution is 7.89. The summed E-state index contributed by atoms with van der Waals surface area (Å²) in [6.07, 6.45) is 3.21. The lowest BCUT2D eigenvalue weighted by Crippen LogP contribution is -2.44. The number of carbonyl (C=O) groups is 1. The molecule has 0 bridgehead atoms. The highest BCUT2D eigenvalue weighted by Crippen LogP contribution is 2.38. The van der Waals surface area contributed by atoms with Crippen LogP contribution in [0.15, 0.2) is 66.9 Å². The molecule has 8 heteroatoms. The van der Waals surface area contributed by atoms with Crippen LogP contribution in [0.2, 0.25) is 0 Å². The van der Waals surface area contributed by atoms with Gasteiger partial charge in [-0.05, 0) is 49.1 Å². The summed E-state index contributed by atoms with van der Waals surface area (Å²) in [4.78, 5) is 14.8. The zero-order valence-electron chi connectivity index (χ0n) is 18.7. The Morgan fingerprint density at radius 1 is 1.00 bits per heavy atom. The lowest BCUT2D eigenvalue weighted by molar-refractivity contribution is 0.0706. The Morgan fingerprint density at radius 3 is 2.52 bits per heavy atom. The van der Waals surface area contributed by atoms with E-state index in [0.717, 1.165) is 23.2 Å². The number of rotatable bonds is 4. The second kappa shape index (κ2) is 8.76. The number of hydrogen-bond acceptors (Lipinski definition) is 4. The van der Waals surface area contributed by atoms with Crippen molar-refractivity contribution in [3.63, 3.8) is 0 Å². The largest absolute Gasteiger partial charge is 0.331 e. The molecule has 0 aliphatic carbocycles. The number of amides is 1. The van der Waals surface area contributed by atoms with Gasteiger partial charge in [-0.3, -0.25) is 9.48 Å². The minimum absolute atomic E-state index is 0.0166. The van der Waals surface area contributed by atoms with E-state index in [9.17, 15) is 13.2 Å². The zero-order chi connectivity index (χ0) is 23.0. The van der Waals surface area contributed by atoms with Gasteiger partial charge in [0.25, 0.3) is 5.91 Å². The molecular weight excluding hydrogens is 436 g/mol. The molecule has 0 spiro atoms. The quantitative estimate of drug-likeness (QED) is 0.591. The van der Waals surface area contributed by atoms with Crippen LogP contribution in [0, 0.1) is 0 Å². The van der Waals surface area contributed by atoms with Crippen LogP contribution in [0.3, 0.4) is 0 Å². The third kappa shape index (κ3) is 4.20. The second-order valence-corrected chi connectivity index (χ2v) is 11.0. The van der Waals surface area contributed by atoms with Crippen molar-refractivity contribution in [2.75, 3.05) is 6.54 Å². The van der Waals surface area contributed by atoms with Crippen LogP contribution in [0.1, 0.15) is 52.2 Å². The summed E-state index contributed by atoms with van der Waals surface area (Å²) in [5.41, 5.74) is 3.37. The van der Waals surface area contributed by atoms with Gasteiger partial charge in [-0.25, -0.2) is 8.42 Å². The molecule has 5 rings (SSSR count). The molecule has 172 valence electrons. The predicted octanol–water partition coefficient (Wildman–Crippen LogP) is 3.59. The summed E-state index contributed by atoms with van der Waals surface area (Å²) >= 11 is 0. The van der Waals surface area contributed by atoms with Gasteiger partial charge >= 0.3 is 0 Å². The number of fused-ring (bicyclic) bond motifs is 1. The minimum Gasteiger partial charge on any atom is -0.331 e. The summed E-state index contributed by atoms with van der Waals surface area (Å²) in [7, 11) is -3.48. The molecule has 0 radical (unpaired) electrons. The van der Waals surface area contributed by atoms with E-state index in [0.29, 0.717) is 38.2 Å². The fourth-order valence-electron chi connectivity index (χ4n) is 4.83. The fraction of sp³-hybridized carbons (Fsp3) is 0.360. The summed E-state index contributed by atoms with van der Waals surface area (Å²) < 4.78 is 30.4. The number of sulfonamides is 1. The first-order valence-electron chi connectivity index (χ1n) is 11.4. The molecule has 2 aliphatic rings. The summed E-state index contributed by atoms with van der Waals surface area (Å²) in [5.74, 6) is -0.0166. The van der Waals surface area contributed by atoms with Crippen molar-refractivity contribution in [1.82, 2.24) is 19.0 Å². The normalized spacial score (nSPS) is 22.6. The lowest BCUT2D eigenvalue weighted by atomic mass is 10.0. The van der Waals surface area contributed by atoms with Crippen LogP contribution >= 0.6 is 0 Å². The minimum atomic E-state index is -3.48. The number of carbonyl (C=O) groups excluding carboxylic acids is 1. The smallest absolute Gasteiger partial charge is 0.254 e. The van der Waals surface area contributed by atoms with Gasteiger partial charge in [-0.1, -0.05) is 42.5 Å². The Hall–Kier alpha value is -2.97. The van der Waals surface area contributed by atoms with Crippen molar-refractivity contribution < 1.29 is 13.2 Å². The predicted molar refractivity (Wildman–Crippen MR) is 126 cm³/mol. The van der Waals surface area contributed by atoms with Crippen LogP contribution in [0.25, 0.3) is 0 Å². The molecule has 2 aromatic carbocycles. The Balaban J connectivity index is 1.31. The van der Waals surface area contributed by atoms with Crippen molar-refractivity contribution in [3.05, 3.63) is 89.2 Å². The van der Waals surface area contributed by atoms with Gasteiger partial charge in [0.2, 0.25) is 10.0 Å². The maximum absolute atomic E-state index is 13.4. The maximum atomic E-state index is 13.4. The van der Waals surface area contributed by atoms with Gasteiger partial charge in [0.15, 0.2) is 0 Å². The monoisotopic (exact) mass is 464 g/mol. The van der Waals surface area contributed by atoms with Gasteiger partial charge in [-0.15, -0.1) is 0 Å². The number of benzene rings is 2. The van der Waals surface area contributed by atoms with Crippen molar-refractivity contribution >= 4 is 15.9 Å². The molecule has 0 N–H and O–H groups in total. The van der Waals surface area contributed by atoms with Crippen molar-refractivity contribution in [2.45, 2.75) is 50.7 Å². The van der Waals surface area contributed by atoms with E-state index >= 15 is 0 Å². The molecule has 2 atom stereocenters. The van der Waals surface area contributed by atoms with Crippen LogP contribution in [-0.2, 0) is 29.7 Å². The van der Waals surface area contributed by atoms with Gasteiger partial charge < -0.3 is 4.90 Å². The fourth-order valence-corrected chi connectivity index (χ4v) is 7.02. The first-order valence-corrected chi connectivity index (χ1v) is 12.9. The average molecular weight is 465 g/mol. The van der Waals surface area contributed by atoms with Crippen LogP contribution in [0.5, 0.6) is 0 Å². The molecule has 1 aromatic heterocycles. The third-order valence-corrected chi connectivity index (χ3v) is 9.13. The number of aromatic nitrogens is 2. The summed E-state index contributed by atoms with van der Waals surface area (Å²) in [6, 6.07) is 18.7. The number of hydrogen-bond donors (Lipinski definition) is 0. The molecule has 33 heavy (non-hydrogen) atoms. The molecule has 7 nitrogen and oxygen atoms in total. The van der Waals surface area contributed by atoms with Gasteiger partial charge in [0.05, 0.1) is 18.8 Å². The molecule has 1 amide bonds. The van der Waals surface area contributed by atoms with Gasteiger partial charge in [0.1, 0.15) is 5.25 Å². The Morgan fingerprint density at radius 2 is 1.76 bits per heavy atom. The molecule has 1 saturated heterocycles. The first-order chi connectivity index (χ1) is 15.9. The molecule has 3 heterocycles. The lowest BCUT2D eigenvalue weighted by Gasteiger charge is -2.37. The maximum Gasteiger partial charge on any atom is 0.254 e. The van der Waals surface area contributed by atoms with E-state index in [1.54, 1.807) is 22.6 Å². The van der Waals surface area contributed by atoms with E-state index in [1.807, 2.05) is 65.0 Å². The van der Waals surface area contributed by atoms with Crippen LogP contribution < -0.4 is 0 Å². The summed E-state index contributed by atoms with van der Waals surface area (Å²) in [5, 5.41) is 3.75. The molecule has 1 unspecified atom stereocenters. The van der Waals surface area contributed by atoms with E-state index < -0.39 is 15.3 Å². The molecule has 3 aromatic rings.